The highest BCUT2D eigenvalue weighted by Gasteiger charge is 2.09. The fraction of sp³-hybridized carbons (Fsp3) is 0.333. The Kier molecular flexibility index (Phi) is 4.80. The molecule has 0 saturated carbocycles. The molecule has 7 nitrogen and oxygen atoms in total. The second kappa shape index (κ2) is 6.58. The van der Waals surface area contributed by atoms with Gasteiger partial charge in [-0.15, -0.1) is 10.2 Å². The van der Waals surface area contributed by atoms with Crippen LogP contribution in [0.5, 0.6) is 0 Å². The topological polar surface area (TPSA) is 85.9 Å². The van der Waals surface area contributed by atoms with Crippen LogP contribution in [0.1, 0.15) is 18.3 Å². The van der Waals surface area contributed by atoms with Crippen LogP contribution in [0.15, 0.2) is 29.0 Å². The molecule has 0 aliphatic rings. The Morgan fingerprint density at radius 3 is 2.90 bits per heavy atom. The molecule has 0 bridgehead atoms. The van der Waals surface area contributed by atoms with E-state index in [2.05, 4.69) is 31.4 Å². The van der Waals surface area contributed by atoms with Crippen LogP contribution in [0.2, 0.25) is 0 Å². The molecule has 1 aromatic heterocycles. The van der Waals surface area contributed by atoms with Gasteiger partial charge < -0.3 is 9.88 Å². The number of non-ortho nitro benzene ring substituents is 1. The Morgan fingerprint density at radius 1 is 1.40 bits per heavy atom. The van der Waals surface area contributed by atoms with E-state index < -0.39 is 4.92 Å². The Bertz CT molecular complexity index is 614. The van der Waals surface area contributed by atoms with Crippen molar-refractivity contribution in [2.24, 2.45) is 0 Å². The molecule has 0 atom stereocenters. The Hall–Kier alpha value is -1.80. The summed E-state index contributed by atoms with van der Waals surface area (Å²) >= 11 is 3.28. The SMILES string of the molecule is CCn1cnnc1CNCc1cc(Br)cc([N+](=O)[O-])c1. The molecule has 0 radical (unpaired) electrons. The minimum absolute atomic E-state index is 0.0768. The largest absolute Gasteiger partial charge is 0.317 e. The first kappa shape index (κ1) is 14.6. The van der Waals surface area contributed by atoms with E-state index in [9.17, 15) is 10.1 Å². The first-order valence-electron chi connectivity index (χ1n) is 6.11. The Labute approximate surface area is 124 Å². The number of nitrogens with zero attached hydrogens (tertiary/aromatic N) is 4. The van der Waals surface area contributed by atoms with Crippen molar-refractivity contribution in [2.75, 3.05) is 0 Å². The molecule has 0 saturated heterocycles. The lowest BCUT2D eigenvalue weighted by Gasteiger charge is -2.06. The zero-order valence-corrected chi connectivity index (χ0v) is 12.5. The molecule has 0 aliphatic heterocycles. The van der Waals surface area contributed by atoms with Crippen molar-refractivity contribution in [1.29, 1.82) is 0 Å². The third-order valence-electron chi connectivity index (χ3n) is 2.80. The number of aromatic nitrogens is 3. The van der Waals surface area contributed by atoms with Crippen LogP contribution in [0.4, 0.5) is 5.69 Å². The van der Waals surface area contributed by atoms with E-state index in [4.69, 9.17) is 0 Å². The van der Waals surface area contributed by atoms with Crippen LogP contribution in [0.3, 0.4) is 0 Å². The quantitative estimate of drug-likeness (QED) is 0.644. The molecule has 8 heteroatoms. The van der Waals surface area contributed by atoms with Gasteiger partial charge in [-0.1, -0.05) is 15.9 Å². The lowest BCUT2D eigenvalue weighted by Crippen LogP contribution is -2.16. The van der Waals surface area contributed by atoms with Crippen molar-refractivity contribution >= 4 is 21.6 Å². The fourth-order valence-corrected chi connectivity index (χ4v) is 2.37. The predicted octanol–water partition coefficient (Wildman–Crippen LogP) is 2.26. The van der Waals surface area contributed by atoms with Gasteiger partial charge in [0.15, 0.2) is 0 Å². The van der Waals surface area contributed by atoms with Crippen LogP contribution in [0, 0.1) is 10.1 Å². The number of benzene rings is 1. The average Bonchev–Trinajstić information content (AvgIpc) is 2.85. The van der Waals surface area contributed by atoms with Crippen molar-refractivity contribution in [3.63, 3.8) is 0 Å². The fourth-order valence-electron chi connectivity index (χ4n) is 1.84. The molecular weight excluding hydrogens is 326 g/mol. The highest BCUT2D eigenvalue weighted by atomic mass is 79.9. The summed E-state index contributed by atoms with van der Waals surface area (Å²) in [5, 5.41) is 21.9. The zero-order chi connectivity index (χ0) is 14.5. The van der Waals surface area contributed by atoms with Crippen molar-refractivity contribution < 1.29 is 4.92 Å². The maximum absolute atomic E-state index is 10.8. The van der Waals surface area contributed by atoms with E-state index in [1.165, 1.54) is 6.07 Å². The molecule has 1 aromatic carbocycles. The number of nitro groups is 1. The average molecular weight is 340 g/mol. The monoisotopic (exact) mass is 339 g/mol. The first-order valence-corrected chi connectivity index (χ1v) is 6.90. The number of nitro benzene ring substituents is 1. The van der Waals surface area contributed by atoms with Crippen molar-refractivity contribution in [3.8, 4) is 0 Å². The van der Waals surface area contributed by atoms with Crippen LogP contribution in [-0.2, 0) is 19.6 Å². The van der Waals surface area contributed by atoms with Gasteiger partial charge in [-0.3, -0.25) is 10.1 Å². The summed E-state index contributed by atoms with van der Waals surface area (Å²) in [5.41, 5.74) is 0.918. The second-order valence-electron chi connectivity index (χ2n) is 4.21. The third-order valence-corrected chi connectivity index (χ3v) is 3.26. The van der Waals surface area contributed by atoms with Crippen molar-refractivity contribution in [3.05, 3.63) is 50.5 Å². The Morgan fingerprint density at radius 2 is 2.20 bits per heavy atom. The van der Waals surface area contributed by atoms with E-state index in [1.807, 2.05) is 17.6 Å². The molecule has 0 fully saturated rings. The van der Waals surface area contributed by atoms with Gasteiger partial charge in [0, 0.05) is 29.7 Å². The van der Waals surface area contributed by atoms with Crippen LogP contribution in [-0.4, -0.2) is 19.7 Å². The molecule has 2 rings (SSSR count). The molecular formula is C12H14BrN5O2. The molecule has 0 spiro atoms. The lowest BCUT2D eigenvalue weighted by atomic mass is 10.2. The minimum atomic E-state index is -0.401. The smallest absolute Gasteiger partial charge is 0.270 e. The third kappa shape index (κ3) is 3.61. The lowest BCUT2D eigenvalue weighted by molar-refractivity contribution is -0.385. The second-order valence-corrected chi connectivity index (χ2v) is 5.13. The summed E-state index contributed by atoms with van der Waals surface area (Å²) in [4.78, 5) is 10.4. The number of aryl methyl sites for hydroxylation is 1. The maximum Gasteiger partial charge on any atom is 0.270 e. The van der Waals surface area contributed by atoms with Gasteiger partial charge in [0.05, 0.1) is 11.5 Å². The summed E-state index contributed by atoms with van der Waals surface area (Å²) < 4.78 is 2.64. The van der Waals surface area contributed by atoms with Gasteiger partial charge in [-0.2, -0.15) is 0 Å². The van der Waals surface area contributed by atoms with Crippen LogP contribution in [0.25, 0.3) is 0 Å². The van der Waals surface area contributed by atoms with Gasteiger partial charge >= 0.3 is 0 Å². The van der Waals surface area contributed by atoms with Gasteiger partial charge in [0.25, 0.3) is 5.69 Å². The molecule has 106 valence electrons. The van der Waals surface area contributed by atoms with Gasteiger partial charge in [0.2, 0.25) is 0 Å². The standard InChI is InChI=1S/C12H14BrN5O2/c1-2-17-8-15-16-12(17)7-14-6-9-3-10(13)5-11(4-9)18(19)20/h3-5,8,14H,2,6-7H2,1H3. The summed E-state index contributed by atoms with van der Waals surface area (Å²) in [6.07, 6.45) is 1.68. The van der Waals surface area contributed by atoms with E-state index in [0.29, 0.717) is 17.6 Å². The van der Waals surface area contributed by atoms with E-state index in [-0.39, 0.29) is 5.69 Å². The summed E-state index contributed by atoms with van der Waals surface area (Å²) in [5.74, 6) is 0.844. The zero-order valence-electron chi connectivity index (χ0n) is 10.9. The molecule has 0 aliphatic carbocycles. The number of hydrogen-bond donors (Lipinski definition) is 1. The highest BCUT2D eigenvalue weighted by molar-refractivity contribution is 9.10. The van der Waals surface area contributed by atoms with Crippen LogP contribution < -0.4 is 5.32 Å². The first-order chi connectivity index (χ1) is 9.60. The molecule has 2 aromatic rings. The molecule has 1 N–H and O–H groups in total. The van der Waals surface area contributed by atoms with E-state index >= 15 is 0 Å². The van der Waals surface area contributed by atoms with E-state index in [0.717, 1.165) is 17.9 Å². The van der Waals surface area contributed by atoms with E-state index in [1.54, 1.807) is 12.4 Å². The molecule has 20 heavy (non-hydrogen) atoms. The maximum atomic E-state index is 10.8. The van der Waals surface area contributed by atoms with Crippen molar-refractivity contribution in [2.45, 2.75) is 26.6 Å². The van der Waals surface area contributed by atoms with Gasteiger partial charge in [-0.25, -0.2) is 0 Å². The molecule has 0 unspecified atom stereocenters. The summed E-state index contributed by atoms with van der Waals surface area (Å²) in [6, 6.07) is 4.89. The number of rotatable bonds is 6. The van der Waals surface area contributed by atoms with Crippen LogP contribution >= 0.6 is 15.9 Å². The summed E-state index contributed by atoms with van der Waals surface area (Å²) in [6.45, 7) is 3.92. The number of nitrogens with one attached hydrogen (secondary N) is 1. The number of halogens is 1. The molecule has 0 amide bonds. The molecule has 1 heterocycles. The number of hydrogen-bond acceptors (Lipinski definition) is 5. The van der Waals surface area contributed by atoms with Gasteiger partial charge in [-0.05, 0) is 18.6 Å². The predicted molar refractivity (Wildman–Crippen MR) is 77.0 cm³/mol. The summed E-state index contributed by atoms with van der Waals surface area (Å²) in [7, 11) is 0. The Balaban J connectivity index is 1.99. The van der Waals surface area contributed by atoms with Crippen molar-refractivity contribution in [1.82, 2.24) is 20.1 Å². The minimum Gasteiger partial charge on any atom is -0.317 e. The normalized spacial score (nSPS) is 10.7. The highest BCUT2D eigenvalue weighted by Crippen LogP contribution is 2.21. The van der Waals surface area contributed by atoms with Gasteiger partial charge in [0.1, 0.15) is 12.2 Å².